The van der Waals surface area contributed by atoms with Gasteiger partial charge < -0.3 is 10.4 Å². The van der Waals surface area contributed by atoms with Crippen molar-refractivity contribution in [3.8, 4) is 0 Å². The van der Waals surface area contributed by atoms with E-state index in [1.54, 1.807) is 0 Å². The summed E-state index contributed by atoms with van der Waals surface area (Å²) in [6, 6.07) is 0. The van der Waals surface area contributed by atoms with Crippen LogP contribution in [0.4, 0.5) is 0 Å². The molecule has 0 aromatic carbocycles. The lowest BCUT2D eigenvalue weighted by Gasteiger charge is -2.41. The van der Waals surface area contributed by atoms with Gasteiger partial charge in [0.05, 0.1) is 11.5 Å². The molecule has 4 unspecified atom stereocenters. The first kappa shape index (κ1) is 15.3. The molecule has 0 aromatic rings. The number of carbonyl (C=O) groups excluding carboxylic acids is 1. The number of carboxylic acid groups (broad SMARTS) is 1. The molecule has 0 saturated heterocycles. The summed E-state index contributed by atoms with van der Waals surface area (Å²) in [5.74, 6) is -0.660. The van der Waals surface area contributed by atoms with E-state index in [2.05, 4.69) is 12.2 Å². The first-order chi connectivity index (χ1) is 9.44. The molecule has 20 heavy (non-hydrogen) atoms. The van der Waals surface area contributed by atoms with Crippen molar-refractivity contribution in [1.82, 2.24) is 5.32 Å². The Morgan fingerprint density at radius 1 is 1.10 bits per heavy atom. The Balaban J connectivity index is 2.05. The molecular formula is C16H27NO3. The summed E-state index contributed by atoms with van der Waals surface area (Å²) in [7, 11) is 0. The fourth-order valence-corrected chi connectivity index (χ4v) is 3.96. The van der Waals surface area contributed by atoms with E-state index in [9.17, 15) is 14.7 Å². The van der Waals surface area contributed by atoms with Crippen molar-refractivity contribution >= 4 is 11.9 Å². The van der Waals surface area contributed by atoms with Crippen LogP contribution in [0.2, 0.25) is 0 Å². The smallest absolute Gasteiger partial charge is 0.308 e. The summed E-state index contributed by atoms with van der Waals surface area (Å²) in [6.07, 6.45) is 7.77. The van der Waals surface area contributed by atoms with Crippen molar-refractivity contribution in [3.05, 3.63) is 0 Å². The van der Waals surface area contributed by atoms with Crippen LogP contribution in [0.15, 0.2) is 0 Å². The van der Waals surface area contributed by atoms with Crippen LogP contribution in [0.5, 0.6) is 0 Å². The maximum atomic E-state index is 12.5. The minimum atomic E-state index is -0.774. The van der Waals surface area contributed by atoms with E-state index in [1.165, 1.54) is 6.42 Å². The Bertz CT molecular complexity index is 382. The fourth-order valence-electron chi connectivity index (χ4n) is 3.96. The molecule has 2 aliphatic carbocycles. The molecule has 0 aromatic heterocycles. The second-order valence-electron chi connectivity index (χ2n) is 6.91. The molecule has 0 heterocycles. The van der Waals surface area contributed by atoms with Gasteiger partial charge >= 0.3 is 5.97 Å². The van der Waals surface area contributed by atoms with Crippen molar-refractivity contribution < 1.29 is 14.7 Å². The normalized spacial score (nSPS) is 38.2. The standard InChI is InChI=1S/C16H27NO3/c1-11-7-3-4-8-12(11)14(18)17-16(2)10-6-5-9-13(16)15(19)20/h11-13H,3-10H2,1-2H3,(H,17,18)(H,19,20). The van der Waals surface area contributed by atoms with Crippen LogP contribution in [-0.2, 0) is 9.59 Å². The lowest BCUT2D eigenvalue weighted by atomic mass is 9.72. The topological polar surface area (TPSA) is 66.4 Å². The number of nitrogens with one attached hydrogen (secondary N) is 1. The zero-order valence-corrected chi connectivity index (χ0v) is 12.7. The monoisotopic (exact) mass is 281 g/mol. The average molecular weight is 281 g/mol. The summed E-state index contributed by atoms with van der Waals surface area (Å²) in [4.78, 5) is 24.0. The highest BCUT2D eigenvalue weighted by atomic mass is 16.4. The van der Waals surface area contributed by atoms with Gasteiger partial charge in [-0.25, -0.2) is 0 Å². The van der Waals surface area contributed by atoms with Gasteiger partial charge in [0.15, 0.2) is 0 Å². The SMILES string of the molecule is CC1CCCCC1C(=O)NC1(C)CCCCC1C(=O)O. The summed E-state index contributed by atoms with van der Waals surface area (Å²) < 4.78 is 0. The molecule has 2 fully saturated rings. The van der Waals surface area contributed by atoms with E-state index >= 15 is 0 Å². The maximum Gasteiger partial charge on any atom is 0.308 e. The Labute approximate surface area is 121 Å². The maximum absolute atomic E-state index is 12.5. The third-order valence-electron chi connectivity index (χ3n) is 5.36. The predicted octanol–water partition coefficient (Wildman–Crippen LogP) is 2.96. The van der Waals surface area contributed by atoms with E-state index in [0.29, 0.717) is 12.3 Å². The molecule has 114 valence electrons. The van der Waals surface area contributed by atoms with Gasteiger partial charge in [-0.05, 0) is 38.5 Å². The number of carbonyl (C=O) groups is 2. The second-order valence-corrected chi connectivity index (χ2v) is 6.91. The molecule has 2 saturated carbocycles. The molecule has 1 amide bonds. The van der Waals surface area contributed by atoms with Crippen LogP contribution in [0.1, 0.15) is 65.2 Å². The number of aliphatic carboxylic acids is 1. The van der Waals surface area contributed by atoms with Gasteiger partial charge in [-0.1, -0.05) is 32.6 Å². The van der Waals surface area contributed by atoms with Crippen molar-refractivity contribution in [2.45, 2.75) is 70.8 Å². The number of amides is 1. The van der Waals surface area contributed by atoms with E-state index < -0.39 is 17.4 Å². The van der Waals surface area contributed by atoms with Crippen LogP contribution in [0.25, 0.3) is 0 Å². The number of carboxylic acids is 1. The summed E-state index contributed by atoms with van der Waals surface area (Å²) in [5.41, 5.74) is -0.571. The number of rotatable bonds is 3. The molecule has 2 aliphatic rings. The third-order valence-corrected chi connectivity index (χ3v) is 5.36. The molecule has 0 bridgehead atoms. The first-order valence-corrected chi connectivity index (χ1v) is 7.99. The highest BCUT2D eigenvalue weighted by Crippen LogP contribution is 2.36. The van der Waals surface area contributed by atoms with Crippen molar-refractivity contribution in [1.29, 1.82) is 0 Å². The highest BCUT2D eigenvalue weighted by Gasteiger charge is 2.43. The summed E-state index contributed by atoms with van der Waals surface area (Å²) in [5, 5.41) is 12.5. The van der Waals surface area contributed by atoms with E-state index in [1.807, 2.05) is 6.92 Å². The molecule has 2 N–H and O–H groups in total. The van der Waals surface area contributed by atoms with Gasteiger partial charge in [0.2, 0.25) is 5.91 Å². The number of hydrogen-bond donors (Lipinski definition) is 2. The Morgan fingerprint density at radius 3 is 2.40 bits per heavy atom. The van der Waals surface area contributed by atoms with Gasteiger partial charge in [0, 0.05) is 5.92 Å². The molecule has 0 spiro atoms. The van der Waals surface area contributed by atoms with E-state index in [-0.39, 0.29) is 11.8 Å². The van der Waals surface area contributed by atoms with Crippen LogP contribution in [-0.4, -0.2) is 22.5 Å². The first-order valence-electron chi connectivity index (χ1n) is 7.99. The second kappa shape index (κ2) is 6.15. The molecule has 4 nitrogen and oxygen atoms in total. The zero-order valence-electron chi connectivity index (χ0n) is 12.7. The average Bonchev–Trinajstić information content (AvgIpc) is 2.38. The third kappa shape index (κ3) is 3.15. The summed E-state index contributed by atoms with van der Waals surface area (Å²) in [6.45, 7) is 4.05. The van der Waals surface area contributed by atoms with Gasteiger partial charge in [-0.15, -0.1) is 0 Å². The van der Waals surface area contributed by atoms with Crippen LogP contribution in [0.3, 0.4) is 0 Å². The van der Waals surface area contributed by atoms with E-state index in [0.717, 1.165) is 38.5 Å². The van der Waals surface area contributed by atoms with Crippen LogP contribution >= 0.6 is 0 Å². The lowest BCUT2D eigenvalue weighted by molar-refractivity contribution is -0.147. The van der Waals surface area contributed by atoms with Crippen LogP contribution in [0, 0.1) is 17.8 Å². The van der Waals surface area contributed by atoms with Crippen molar-refractivity contribution in [2.24, 2.45) is 17.8 Å². The highest BCUT2D eigenvalue weighted by molar-refractivity contribution is 5.81. The van der Waals surface area contributed by atoms with Gasteiger partial charge in [-0.2, -0.15) is 0 Å². The van der Waals surface area contributed by atoms with Gasteiger partial charge in [0.1, 0.15) is 0 Å². The Morgan fingerprint density at radius 2 is 1.75 bits per heavy atom. The molecule has 2 rings (SSSR count). The molecule has 4 atom stereocenters. The molecule has 0 radical (unpaired) electrons. The minimum Gasteiger partial charge on any atom is -0.481 e. The minimum absolute atomic E-state index is 0.0666. The summed E-state index contributed by atoms with van der Waals surface area (Å²) >= 11 is 0. The fraction of sp³-hybridized carbons (Fsp3) is 0.875. The van der Waals surface area contributed by atoms with Gasteiger partial charge in [-0.3, -0.25) is 9.59 Å². The molecule has 0 aliphatic heterocycles. The van der Waals surface area contributed by atoms with Gasteiger partial charge in [0.25, 0.3) is 0 Å². The van der Waals surface area contributed by atoms with E-state index in [4.69, 9.17) is 0 Å². The zero-order chi connectivity index (χ0) is 14.8. The molecular weight excluding hydrogens is 254 g/mol. The Hall–Kier alpha value is -1.06. The number of hydrogen-bond acceptors (Lipinski definition) is 2. The van der Waals surface area contributed by atoms with Crippen LogP contribution < -0.4 is 5.32 Å². The predicted molar refractivity (Wildman–Crippen MR) is 77.3 cm³/mol. The lowest BCUT2D eigenvalue weighted by Crippen LogP contribution is -2.57. The van der Waals surface area contributed by atoms with Crippen molar-refractivity contribution in [3.63, 3.8) is 0 Å². The molecule has 4 heteroatoms. The Kier molecular flexibility index (Phi) is 4.71. The largest absolute Gasteiger partial charge is 0.481 e. The quantitative estimate of drug-likeness (QED) is 0.835. The van der Waals surface area contributed by atoms with Crippen molar-refractivity contribution in [2.75, 3.05) is 0 Å².